The average molecular weight is 206 g/mol. The Morgan fingerprint density at radius 3 is 2.93 bits per heavy atom. The molecule has 0 radical (unpaired) electrons. The first kappa shape index (κ1) is 9.49. The third-order valence-electron chi connectivity index (χ3n) is 2.34. The highest BCUT2D eigenvalue weighted by molar-refractivity contribution is 7.10. The van der Waals surface area contributed by atoms with Crippen LogP contribution in [0.15, 0.2) is 29.8 Å². The molecule has 2 aromatic heterocycles. The van der Waals surface area contributed by atoms with Crippen molar-refractivity contribution in [3.8, 4) is 11.3 Å². The van der Waals surface area contributed by atoms with Crippen LogP contribution in [0.25, 0.3) is 11.3 Å². The second-order valence-electron chi connectivity index (χ2n) is 3.30. The van der Waals surface area contributed by atoms with Gasteiger partial charge in [-0.25, -0.2) is 0 Å². The van der Waals surface area contributed by atoms with Gasteiger partial charge in [0.1, 0.15) is 0 Å². The summed E-state index contributed by atoms with van der Waals surface area (Å²) in [6, 6.07) is 6.38. The molecular formula is C11H14N2S. The van der Waals surface area contributed by atoms with Crippen LogP contribution in [0.4, 0.5) is 0 Å². The summed E-state index contributed by atoms with van der Waals surface area (Å²) < 4.78 is 2.14. The van der Waals surface area contributed by atoms with Gasteiger partial charge in [0.05, 0.1) is 0 Å². The highest BCUT2D eigenvalue weighted by atomic mass is 32.1. The van der Waals surface area contributed by atoms with E-state index >= 15 is 0 Å². The maximum Gasteiger partial charge on any atom is 0.0488 e. The third-order valence-corrected chi connectivity index (χ3v) is 3.32. The van der Waals surface area contributed by atoms with Crippen LogP contribution in [0.5, 0.6) is 0 Å². The van der Waals surface area contributed by atoms with Crippen LogP contribution in [-0.2, 0) is 13.5 Å². The zero-order valence-corrected chi connectivity index (χ0v) is 9.05. The first-order chi connectivity index (χ1) is 6.83. The third kappa shape index (κ3) is 1.61. The fraction of sp³-hybridized carbons (Fsp3) is 0.273. The molecule has 0 fully saturated rings. The SMILES string of the molecule is Cn1cccc1-c1ccsc1CCN. The predicted molar refractivity (Wildman–Crippen MR) is 61.5 cm³/mol. The van der Waals surface area contributed by atoms with E-state index in [1.54, 1.807) is 11.3 Å². The van der Waals surface area contributed by atoms with Crippen molar-refractivity contribution in [1.29, 1.82) is 0 Å². The molecule has 0 spiro atoms. The highest BCUT2D eigenvalue weighted by Crippen LogP contribution is 2.28. The second kappa shape index (κ2) is 3.98. The van der Waals surface area contributed by atoms with Gasteiger partial charge in [-0.05, 0) is 36.5 Å². The van der Waals surface area contributed by atoms with E-state index in [1.165, 1.54) is 16.1 Å². The maximum absolute atomic E-state index is 5.58. The molecule has 0 aliphatic rings. The monoisotopic (exact) mass is 206 g/mol. The minimum absolute atomic E-state index is 0.720. The molecule has 0 saturated carbocycles. The molecule has 74 valence electrons. The second-order valence-corrected chi connectivity index (χ2v) is 4.30. The molecule has 2 heterocycles. The lowest BCUT2D eigenvalue weighted by Gasteiger charge is -2.04. The number of hydrogen-bond acceptors (Lipinski definition) is 2. The van der Waals surface area contributed by atoms with Crippen molar-refractivity contribution in [2.45, 2.75) is 6.42 Å². The zero-order valence-electron chi connectivity index (χ0n) is 8.23. The Bertz CT molecular complexity index is 414. The minimum atomic E-state index is 0.720. The van der Waals surface area contributed by atoms with Crippen molar-refractivity contribution in [2.24, 2.45) is 12.8 Å². The number of rotatable bonds is 3. The number of aromatic nitrogens is 1. The van der Waals surface area contributed by atoms with E-state index in [9.17, 15) is 0 Å². The molecule has 14 heavy (non-hydrogen) atoms. The quantitative estimate of drug-likeness (QED) is 0.820. The lowest BCUT2D eigenvalue weighted by Crippen LogP contribution is -2.02. The van der Waals surface area contributed by atoms with Crippen LogP contribution < -0.4 is 5.73 Å². The van der Waals surface area contributed by atoms with Crippen LogP contribution in [0, 0.1) is 0 Å². The van der Waals surface area contributed by atoms with Gasteiger partial charge in [-0.15, -0.1) is 11.3 Å². The summed E-state index contributed by atoms with van der Waals surface area (Å²) in [6.45, 7) is 0.720. The number of thiophene rings is 1. The van der Waals surface area contributed by atoms with Crippen molar-refractivity contribution in [1.82, 2.24) is 4.57 Å². The van der Waals surface area contributed by atoms with E-state index in [0.29, 0.717) is 0 Å². The van der Waals surface area contributed by atoms with Gasteiger partial charge < -0.3 is 10.3 Å². The van der Waals surface area contributed by atoms with Crippen molar-refractivity contribution in [3.63, 3.8) is 0 Å². The molecule has 0 bridgehead atoms. The molecular weight excluding hydrogens is 192 g/mol. The summed E-state index contributed by atoms with van der Waals surface area (Å²) in [5, 5.41) is 2.13. The van der Waals surface area contributed by atoms with Crippen LogP contribution in [0.1, 0.15) is 4.88 Å². The number of aryl methyl sites for hydroxylation is 1. The van der Waals surface area contributed by atoms with E-state index in [-0.39, 0.29) is 0 Å². The lowest BCUT2D eigenvalue weighted by molar-refractivity contribution is 0.930. The van der Waals surface area contributed by atoms with Gasteiger partial charge in [-0.2, -0.15) is 0 Å². The van der Waals surface area contributed by atoms with E-state index in [1.807, 2.05) is 0 Å². The number of nitrogens with two attached hydrogens (primary N) is 1. The summed E-state index contributed by atoms with van der Waals surface area (Å²) in [6.07, 6.45) is 3.04. The molecule has 0 amide bonds. The molecule has 0 aliphatic carbocycles. The van der Waals surface area contributed by atoms with E-state index < -0.39 is 0 Å². The summed E-state index contributed by atoms with van der Waals surface area (Å²) in [7, 11) is 2.07. The largest absolute Gasteiger partial charge is 0.351 e. The maximum atomic E-state index is 5.58. The van der Waals surface area contributed by atoms with E-state index in [2.05, 4.69) is 41.4 Å². The lowest BCUT2D eigenvalue weighted by atomic mass is 10.1. The summed E-state index contributed by atoms with van der Waals surface area (Å²) in [5.41, 5.74) is 8.18. The normalized spacial score (nSPS) is 10.7. The average Bonchev–Trinajstić information content (AvgIpc) is 2.74. The topological polar surface area (TPSA) is 30.9 Å². The van der Waals surface area contributed by atoms with Gasteiger partial charge in [0.25, 0.3) is 0 Å². The van der Waals surface area contributed by atoms with Crippen molar-refractivity contribution in [3.05, 3.63) is 34.7 Å². The van der Waals surface area contributed by atoms with Crippen LogP contribution in [0.2, 0.25) is 0 Å². The standard InChI is InChI=1S/C11H14N2S/c1-13-7-2-3-10(13)9-5-8-14-11(9)4-6-12/h2-3,5,7-8H,4,6,12H2,1H3. The molecule has 0 aliphatic heterocycles. The van der Waals surface area contributed by atoms with Crippen molar-refractivity contribution < 1.29 is 0 Å². The first-order valence-corrected chi connectivity index (χ1v) is 5.59. The minimum Gasteiger partial charge on any atom is -0.351 e. The van der Waals surface area contributed by atoms with E-state index in [4.69, 9.17) is 5.73 Å². The Labute approximate surface area is 88.0 Å². The fourth-order valence-electron chi connectivity index (χ4n) is 1.63. The molecule has 0 aromatic carbocycles. The van der Waals surface area contributed by atoms with Crippen LogP contribution >= 0.6 is 11.3 Å². The number of nitrogens with zero attached hydrogens (tertiary/aromatic N) is 1. The molecule has 0 unspecified atom stereocenters. The zero-order chi connectivity index (χ0) is 9.97. The fourth-order valence-corrected chi connectivity index (χ4v) is 2.54. The van der Waals surface area contributed by atoms with Gasteiger partial charge in [-0.1, -0.05) is 0 Å². The van der Waals surface area contributed by atoms with Gasteiger partial charge in [0, 0.05) is 29.4 Å². The predicted octanol–water partition coefficient (Wildman–Crippen LogP) is 2.25. The molecule has 3 heteroatoms. The van der Waals surface area contributed by atoms with Crippen molar-refractivity contribution in [2.75, 3.05) is 6.54 Å². The van der Waals surface area contributed by atoms with Crippen molar-refractivity contribution >= 4 is 11.3 Å². The van der Waals surface area contributed by atoms with Gasteiger partial charge >= 0.3 is 0 Å². The van der Waals surface area contributed by atoms with Crippen LogP contribution in [0.3, 0.4) is 0 Å². The molecule has 0 atom stereocenters. The molecule has 2 aromatic rings. The summed E-state index contributed by atoms with van der Waals surface area (Å²) >= 11 is 1.79. The Kier molecular flexibility index (Phi) is 2.70. The Balaban J connectivity index is 2.41. The Hall–Kier alpha value is -1.06. The summed E-state index contributed by atoms with van der Waals surface area (Å²) in [5.74, 6) is 0. The van der Waals surface area contributed by atoms with Crippen LogP contribution in [-0.4, -0.2) is 11.1 Å². The van der Waals surface area contributed by atoms with Gasteiger partial charge in [0.15, 0.2) is 0 Å². The highest BCUT2D eigenvalue weighted by Gasteiger charge is 2.07. The molecule has 0 saturated heterocycles. The Morgan fingerprint density at radius 2 is 2.29 bits per heavy atom. The van der Waals surface area contributed by atoms with Gasteiger partial charge in [0.2, 0.25) is 0 Å². The summed E-state index contributed by atoms with van der Waals surface area (Å²) in [4.78, 5) is 1.38. The molecule has 2 N–H and O–H groups in total. The smallest absolute Gasteiger partial charge is 0.0488 e. The first-order valence-electron chi connectivity index (χ1n) is 4.71. The molecule has 2 rings (SSSR count). The van der Waals surface area contributed by atoms with E-state index in [0.717, 1.165) is 13.0 Å². The number of hydrogen-bond donors (Lipinski definition) is 1. The van der Waals surface area contributed by atoms with Gasteiger partial charge in [-0.3, -0.25) is 0 Å². The molecule has 2 nitrogen and oxygen atoms in total. The Morgan fingerprint density at radius 1 is 1.43 bits per heavy atom.